The fraction of sp³-hybridized carbons (Fsp3) is 0.231. The lowest BCUT2D eigenvalue weighted by molar-refractivity contribution is 0.573. The maximum Gasteiger partial charge on any atom is 0.155 e. The van der Waals surface area contributed by atoms with E-state index >= 15 is 0 Å². The van der Waals surface area contributed by atoms with E-state index in [-0.39, 0.29) is 0 Å². The Morgan fingerprint density at radius 1 is 1.42 bits per heavy atom. The Labute approximate surface area is 123 Å². The molecule has 1 N–H and O–H groups in total. The highest BCUT2D eigenvalue weighted by Crippen LogP contribution is 2.19. The van der Waals surface area contributed by atoms with Crippen molar-refractivity contribution < 1.29 is 0 Å². The molecular weight excluding hydrogens is 324 g/mol. The van der Waals surface area contributed by atoms with Crippen molar-refractivity contribution in [1.29, 1.82) is 0 Å². The van der Waals surface area contributed by atoms with Crippen LogP contribution in [-0.2, 0) is 6.54 Å². The van der Waals surface area contributed by atoms with Crippen molar-refractivity contribution in [1.82, 2.24) is 19.7 Å². The highest BCUT2D eigenvalue weighted by Gasteiger charge is 2.08. The molecule has 0 amide bonds. The smallest absolute Gasteiger partial charge is 0.155 e. The molecule has 1 atom stereocenters. The van der Waals surface area contributed by atoms with Gasteiger partial charge in [0.25, 0.3) is 0 Å². The number of hydrogen-bond acceptors (Lipinski definition) is 4. The molecule has 3 aromatic heterocycles. The van der Waals surface area contributed by atoms with E-state index in [4.69, 9.17) is 0 Å². The Morgan fingerprint density at radius 2 is 2.32 bits per heavy atom. The predicted molar refractivity (Wildman–Crippen MR) is 80.3 cm³/mol. The first kappa shape index (κ1) is 12.8. The summed E-state index contributed by atoms with van der Waals surface area (Å²) in [5.41, 5.74) is 1.99. The van der Waals surface area contributed by atoms with Crippen molar-refractivity contribution in [3.63, 3.8) is 0 Å². The van der Waals surface area contributed by atoms with Crippen LogP contribution in [0.3, 0.4) is 0 Å². The SMILES string of the molecule is CC(NCc1cnc2cnc(Br)cn12)c1cccs1. The predicted octanol–water partition coefficient (Wildman–Crippen LogP) is 3.40. The van der Waals surface area contributed by atoms with E-state index in [1.54, 1.807) is 17.5 Å². The van der Waals surface area contributed by atoms with Gasteiger partial charge in [0.05, 0.1) is 18.1 Å². The number of thiophene rings is 1. The topological polar surface area (TPSA) is 42.2 Å². The van der Waals surface area contributed by atoms with E-state index < -0.39 is 0 Å². The van der Waals surface area contributed by atoms with Gasteiger partial charge >= 0.3 is 0 Å². The minimum atomic E-state index is 0.343. The molecule has 3 rings (SSSR count). The highest BCUT2D eigenvalue weighted by molar-refractivity contribution is 9.10. The van der Waals surface area contributed by atoms with Gasteiger partial charge in [-0.3, -0.25) is 4.40 Å². The molecule has 0 radical (unpaired) electrons. The van der Waals surface area contributed by atoms with Gasteiger partial charge in [0.2, 0.25) is 0 Å². The number of fused-ring (bicyclic) bond motifs is 1. The third-order valence-corrected chi connectivity index (χ3v) is 4.46. The lowest BCUT2D eigenvalue weighted by atomic mass is 10.2. The molecule has 3 aromatic rings. The number of aromatic nitrogens is 3. The van der Waals surface area contributed by atoms with Crippen molar-refractivity contribution in [3.05, 3.63) is 51.3 Å². The third-order valence-electron chi connectivity index (χ3n) is 3.00. The zero-order valence-electron chi connectivity index (χ0n) is 10.4. The molecule has 0 aliphatic rings. The van der Waals surface area contributed by atoms with Crippen LogP contribution in [0.4, 0.5) is 0 Å². The molecule has 0 aliphatic carbocycles. The molecule has 1 unspecified atom stereocenters. The molecule has 0 aromatic carbocycles. The number of hydrogen-bond donors (Lipinski definition) is 1. The van der Waals surface area contributed by atoms with E-state index in [0.717, 1.165) is 22.5 Å². The zero-order chi connectivity index (χ0) is 13.2. The van der Waals surface area contributed by atoms with Crippen molar-refractivity contribution >= 4 is 32.9 Å². The van der Waals surface area contributed by atoms with Gasteiger partial charge in [0.15, 0.2) is 5.65 Å². The molecule has 0 fully saturated rings. The first-order valence-electron chi connectivity index (χ1n) is 5.98. The van der Waals surface area contributed by atoms with E-state index in [0.29, 0.717) is 6.04 Å². The van der Waals surface area contributed by atoms with E-state index in [9.17, 15) is 0 Å². The fourth-order valence-electron chi connectivity index (χ4n) is 1.94. The summed E-state index contributed by atoms with van der Waals surface area (Å²) in [7, 11) is 0. The molecule has 0 aliphatic heterocycles. The van der Waals surface area contributed by atoms with Crippen LogP contribution in [0, 0.1) is 0 Å². The summed E-state index contributed by atoms with van der Waals surface area (Å²) in [6, 6.07) is 4.57. The Morgan fingerprint density at radius 3 is 3.11 bits per heavy atom. The summed E-state index contributed by atoms with van der Waals surface area (Å²) in [4.78, 5) is 9.86. The first-order valence-corrected chi connectivity index (χ1v) is 7.65. The average Bonchev–Trinajstić information content (AvgIpc) is 3.05. The van der Waals surface area contributed by atoms with Crippen LogP contribution in [0.1, 0.15) is 23.5 Å². The third kappa shape index (κ3) is 2.70. The Bertz CT molecular complexity index is 677. The molecule has 4 nitrogen and oxygen atoms in total. The molecule has 19 heavy (non-hydrogen) atoms. The van der Waals surface area contributed by atoms with Crippen LogP contribution < -0.4 is 5.32 Å². The number of rotatable bonds is 4. The van der Waals surface area contributed by atoms with Crippen molar-refractivity contribution in [2.75, 3.05) is 0 Å². The monoisotopic (exact) mass is 336 g/mol. The molecule has 0 bridgehead atoms. The van der Waals surface area contributed by atoms with Gasteiger partial charge in [-0.05, 0) is 34.3 Å². The second-order valence-electron chi connectivity index (χ2n) is 4.31. The maximum atomic E-state index is 4.34. The highest BCUT2D eigenvalue weighted by atomic mass is 79.9. The molecule has 0 saturated carbocycles. The van der Waals surface area contributed by atoms with Crippen LogP contribution >= 0.6 is 27.3 Å². The van der Waals surface area contributed by atoms with Crippen molar-refractivity contribution in [2.24, 2.45) is 0 Å². The van der Waals surface area contributed by atoms with Gasteiger partial charge in [-0.2, -0.15) is 0 Å². The second kappa shape index (κ2) is 5.40. The van der Waals surface area contributed by atoms with E-state index in [1.165, 1.54) is 4.88 Å². The lowest BCUT2D eigenvalue weighted by Gasteiger charge is -2.11. The molecular formula is C13H13BrN4S. The first-order chi connectivity index (χ1) is 9.24. The van der Waals surface area contributed by atoms with Crippen LogP contribution in [-0.4, -0.2) is 14.4 Å². The largest absolute Gasteiger partial charge is 0.304 e. The maximum absolute atomic E-state index is 4.34. The summed E-state index contributed by atoms with van der Waals surface area (Å²) in [5, 5.41) is 5.61. The van der Waals surface area contributed by atoms with Crippen molar-refractivity contribution in [3.8, 4) is 0 Å². The Hall–Kier alpha value is -1.24. The van der Waals surface area contributed by atoms with E-state index in [2.05, 4.69) is 55.7 Å². The van der Waals surface area contributed by atoms with Crippen LogP contribution in [0.5, 0.6) is 0 Å². The molecule has 6 heteroatoms. The van der Waals surface area contributed by atoms with Gasteiger partial charge in [-0.25, -0.2) is 9.97 Å². The Kier molecular flexibility index (Phi) is 3.63. The summed E-state index contributed by atoms with van der Waals surface area (Å²) >= 11 is 5.16. The second-order valence-corrected chi connectivity index (χ2v) is 6.10. The lowest BCUT2D eigenvalue weighted by Crippen LogP contribution is -2.18. The normalized spacial score (nSPS) is 12.9. The molecule has 3 heterocycles. The molecule has 98 valence electrons. The zero-order valence-corrected chi connectivity index (χ0v) is 12.8. The number of nitrogens with one attached hydrogen (secondary N) is 1. The standard InChI is InChI=1S/C13H13BrN4S/c1-9(11-3-2-4-19-11)15-5-10-6-17-13-7-16-12(14)8-18(10)13/h2-4,6-9,15H,5H2,1H3. The summed E-state index contributed by atoms with van der Waals surface area (Å²) < 4.78 is 2.86. The van der Waals surface area contributed by atoms with Crippen LogP contribution in [0.15, 0.2) is 40.7 Å². The summed E-state index contributed by atoms with van der Waals surface area (Å²) in [6.45, 7) is 2.95. The van der Waals surface area contributed by atoms with Gasteiger partial charge < -0.3 is 5.32 Å². The van der Waals surface area contributed by atoms with Gasteiger partial charge in [0.1, 0.15) is 4.60 Å². The van der Waals surface area contributed by atoms with Gasteiger partial charge in [-0.1, -0.05) is 6.07 Å². The van der Waals surface area contributed by atoms with Gasteiger partial charge in [-0.15, -0.1) is 11.3 Å². The minimum Gasteiger partial charge on any atom is -0.304 e. The summed E-state index contributed by atoms with van der Waals surface area (Å²) in [5.74, 6) is 0. The Balaban J connectivity index is 1.77. The van der Waals surface area contributed by atoms with Crippen LogP contribution in [0.2, 0.25) is 0 Å². The van der Waals surface area contributed by atoms with Crippen LogP contribution in [0.25, 0.3) is 5.65 Å². The fourth-order valence-corrected chi connectivity index (χ4v) is 3.01. The average molecular weight is 337 g/mol. The molecule has 0 saturated heterocycles. The van der Waals surface area contributed by atoms with E-state index in [1.807, 2.05) is 16.8 Å². The quantitative estimate of drug-likeness (QED) is 0.793. The number of halogens is 1. The molecule has 0 spiro atoms. The van der Waals surface area contributed by atoms with Crippen molar-refractivity contribution in [2.45, 2.75) is 19.5 Å². The van der Waals surface area contributed by atoms with Gasteiger partial charge in [0, 0.05) is 23.7 Å². The summed E-state index contributed by atoms with van der Waals surface area (Å²) in [6.07, 6.45) is 5.59. The number of nitrogens with zero attached hydrogens (tertiary/aromatic N) is 3. The minimum absolute atomic E-state index is 0.343. The number of imidazole rings is 1.